The fourth-order valence-electron chi connectivity index (χ4n) is 2.82. The molecule has 0 amide bonds. The predicted molar refractivity (Wildman–Crippen MR) is 71.3 cm³/mol. The zero-order valence-corrected chi connectivity index (χ0v) is 10.0. The Morgan fingerprint density at radius 3 is 2.94 bits per heavy atom. The lowest BCUT2D eigenvalue weighted by molar-refractivity contribution is 0.656. The summed E-state index contributed by atoms with van der Waals surface area (Å²) in [7, 11) is 0. The molecule has 0 spiro atoms. The van der Waals surface area contributed by atoms with E-state index in [0.717, 1.165) is 13.0 Å². The van der Waals surface area contributed by atoms with Gasteiger partial charge in [-0.05, 0) is 18.2 Å². The first-order valence-electron chi connectivity index (χ1n) is 6.31. The van der Waals surface area contributed by atoms with Crippen LogP contribution >= 0.6 is 0 Å². The highest BCUT2D eigenvalue weighted by Gasteiger charge is 2.18. The molecule has 0 aliphatic carbocycles. The number of aryl methyl sites for hydroxylation is 1. The number of hydrogen-bond donors (Lipinski definition) is 0. The minimum absolute atomic E-state index is 1.05. The molecule has 3 nitrogen and oxygen atoms in total. The quantitative estimate of drug-likeness (QED) is 0.649. The van der Waals surface area contributed by atoms with Gasteiger partial charge in [-0.1, -0.05) is 24.3 Å². The summed E-state index contributed by atoms with van der Waals surface area (Å²) in [5, 5.41) is 6.92. The van der Waals surface area contributed by atoms with Crippen molar-refractivity contribution in [3.63, 3.8) is 0 Å². The summed E-state index contributed by atoms with van der Waals surface area (Å²) in [5.41, 5.74) is 3.81. The molecule has 3 heterocycles. The summed E-state index contributed by atoms with van der Waals surface area (Å²) >= 11 is 0. The first-order chi connectivity index (χ1) is 8.93. The second-order valence-corrected chi connectivity index (χ2v) is 4.74. The van der Waals surface area contributed by atoms with Crippen LogP contribution in [0, 0.1) is 0 Å². The van der Waals surface area contributed by atoms with Gasteiger partial charge in [-0.3, -0.25) is 9.67 Å². The lowest BCUT2D eigenvalue weighted by Gasteiger charge is -2.05. The fourth-order valence-corrected chi connectivity index (χ4v) is 2.82. The van der Waals surface area contributed by atoms with E-state index in [0.29, 0.717) is 0 Å². The van der Waals surface area contributed by atoms with E-state index in [2.05, 4.69) is 39.0 Å². The number of hydrogen-bond acceptors (Lipinski definition) is 2. The summed E-state index contributed by atoms with van der Waals surface area (Å²) in [4.78, 5) is 4.36. The van der Waals surface area contributed by atoms with E-state index in [9.17, 15) is 0 Å². The number of pyridine rings is 1. The maximum Gasteiger partial charge on any atom is 0.0572 e. The molecule has 0 saturated carbocycles. The Kier molecular flexibility index (Phi) is 2.00. The summed E-state index contributed by atoms with van der Waals surface area (Å²) in [6.07, 6.45) is 8.19. The highest BCUT2D eigenvalue weighted by atomic mass is 15.3. The average molecular weight is 235 g/mol. The van der Waals surface area contributed by atoms with Crippen molar-refractivity contribution < 1.29 is 0 Å². The molecule has 0 bridgehead atoms. The first kappa shape index (κ1) is 9.83. The molecule has 1 aromatic carbocycles. The molecular formula is C15H13N3. The molecule has 0 radical (unpaired) electrons. The maximum absolute atomic E-state index is 4.47. The van der Waals surface area contributed by atoms with Crippen molar-refractivity contribution in [3.05, 3.63) is 48.5 Å². The van der Waals surface area contributed by atoms with E-state index >= 15 is 0 Å². The second kappa shape index (κ2) is 3.67. The van der Waals surface area contributed by atoms with Gasteiger partial charge in [0.05, 0.1) is 6.20 Å². The Morgan fingerprint density at radius 2 is 1.94 bits per heavy atom. The number of nitrogens with zero attached hydrogens (tertiary/aromatic N) is 3. The van der Waals surface area contributed by atoms with Gasteiger partial charge in [-0.15, -0.1) is 0 Å². The van der Waals surface area contributed by atoms with E-state index in [1.165, 1.54) is 34.0 Å². The summed E-state index contributed by atoms with van der Waals surface area (Å²) in [5.74, 6) is 0. The van der Waals surface area contributed by atoms with Gasteiger partial charge in [0.25, 0.3) is 0 Å². The van der Waals surface area contributed by atoms with E-state index in [1.807, 2.05) is 18.6 Å². The summed E-state index contributed by atoms with van der Waals surface area (Å²) in [6.45, 7) is 1.05. The van der Waals surface area contributed by atoms with Crippen molar-refractivity contribution >= 4 is 10.8 Å². The molecule has 1 aliphatic rings. The number of benzene rings is 1. The molecule has 18 heavy (non-hydrogen) atoms. The molecule has 0 N–H and O–H groups in total. The van der Waals surface area contributed by atoms with E-state index in [4.69, 9.17) is 0 Å². The number of rotatable bonds is 1. The van der Waals surface area contributed by atoms with Crippen LogP contribution in [0.25, 0.3) is 21.9 Å². The van der Waals surface area contributed by atoms with Crippen LogP contribution in [-0.2, 0) is 13.0 Å². The largest absolute Gasteiger partial charge is 0.269 e. The molecule has 0 unspecified atom stereocenters. The topological polar surface area (TPSA) is 30.7 Å². The average Bonchev–Trinajstić information content (AvgIpc) is 3.01. The second-order valence-electron chi connectivity index (χ2n) is 4.74. The molecule has 3 heteroatoms. The molecule has 1 aliphatic heterocycles. The minimum Gasteiger partial charge on any atom is -0.269 e. The molecule has 2 aromatic heterocycles. The summed E-state index contributed by atoms with van der Waals surface area (Å²) < 4.78 is 2.12. The van der Waals surface area contributed by atoms with Crippen molar-refractivity contribution in [3.8, 4) is 11.1 Å². The van der Waals surface area contributed by atoms with Crippen LogP contribution in [0.1, 0.15) is 12.1 Å². The fraction of sp³-hybridized carbons (Fsp3) is 0.200. The van der Waals surface area contributed by atoms with Gasteiger partial charge >= 0.3 is 0 Å². The smallest absolute Gasteiger partial charge is 0.0572 e. The third-order valence-electron chi connectivity index (χ3n) is 3.69. The van der Waals surface area contributed by atoms with Crippen molar-refractivity contribution in [2.24, 2.45) is 0 Å². The highest BCUT2D eigenvalue weighted by Crippen LogP contribution is 2.32. The first-order valence-corrected chi connectivity index (χ1v) is 6.31. The number of fused-ring (bicyclic) bond motifs is 2. The van der Waals surface area contributed by atoms with Gasteiger partial charge in [0.2, 0.25) is 0 Å². The maximum atomic E-state index is 4.47. The Morgan fingerprint density at radius 1 is 1.00 bits per heavy atom. The van der Waals surface area contributed by atoms with Gasteiger partial charge in [0.15, 0.2) is 0 Å². The normalized spacial score (nSPS) is 14.0. The molecule has 0 fully saturated rings. The zero-order chi connectivity index (χ0) is 11.9. The Balaban J connectivity index is 2.02. The number of aromatic nitrogens is 3. The Labute approximate surface area is 105 Å². The molecule has 3 aromatic rings. The van der Waals surface area contributed by atoms with Gasteiger partial charge < -0.3 is 0 Å². The van der Waals surface area contributed by atoms with Crippen LogP contribution in [0.5, 0.6) is 0 Å². The minimum atomic E-state index is 1.05. The van der Waals surface area contributed by atoms with Crippen molar-refractivity contribution in [1.82, 2.24) is 14.8 Å². The summed E-state index contributed by atoms with van der Waals surface area (Å²) in [6, 6.07) is 8.40. The SMILES string of the molecule is c1ccc2c(-c3cnn4c3CCC4)cncc2c1. The van der Waals surface area contributed by atoms with Gasteiger partial charge in [0, 0.05) is 41.1 Å². The molecule has 4 rings (SSSR count). The molecule has 0 saturated heterocycles. The molecule has 0 atom stereocenters. The van der Waals surface area contributed by atoms with Gasteiger partial charge in [-0.2, -0.15) is 5.10 Å². The van der Waals surface area contributed by atoms with Crippen molar-refractivity contribution in [2.75, 3.05) is 0 Å². The van der Waals surface area contributed by atoms with Crippen LogP contribution in [0.4, 0.5) is 0 Å². The van der Waals surface area contributed by atoms with Crippen molar-refractivity contribution in [1.29, 1.82) is 0 Å². The van der Waals surface area contributed by atoms with Crippen LogP contribution in [0.15, 0.2) is 42.9 Å². The lowest BCUT2D eigenvalue weighted by atomic mass is 10.0. The van der Waals surface area contributed by atoms with Crippen LogP contribution in [-0.4, -0.2) is 14.8 Å². The van der Waals surface area contributed by atoms with E-state index < -0.39 is 0 Å². The van der Waals surface area contributed by atoms with Crippen LogP contribution in [0.3, 0.4) is 0 Å². The van der Waals surface area contributed by atoms with Crippen LogP contribution < -0.4 is 0 Å². The molecular weight excluding hydrogens is 222 g/mol. The van der Waals surface area contributed by atoms with Crippen molar-refractivity contribution in [2.45, 2.75) is 19.4 Å². The Hall–Kier alpha value is -2.16. The third kappa shape index (κ3) is 1.30. The standard InChI is InChI=1S/C15H13N3/c1-2-5-12-11(4-1)8-16-9-13(12)14-10-17-18-7-3-6-15(14)18/h1-2,4-5,8-10H,3,6-7H2. The van der Waals surface area contributed by atoms with Gasteiger partial charge in [-0.25, -0.2) is 0 Å². The van der Waals surface area contributed by atoms with E-state index in [-0.39, 0.29) is 0 Å². The third-order valence-corrected chi connectivity index (χ3v) is 3.69. The molecule has 88 valence electrons. The predicted octanol–water partition coefficient (Wildman–Crippen LogP) is 3.04. The monoisotopic (exact) mass is 235 g/mol. The Bertz CT molecular complexity index is 722. The van der Waals surface area contributed by atoms with Gasteiger partial charge in [0.1, 0.15) is 0 Å². The zero-order valence-electron chi connectivity index (χ0n) is 10.0. The van der Waals surface area contributed by atoms with Crippen LogP contribution in [0.2, 0.25) is 0 Å². The highest BCUT2D eigenvalue weighted by molar-refractivity contribution is 5.96. The lowest BCUT2D eigenvalue weighted by Crippen LogP contribution is -1.93. The van der Waals surface area contributed by atoms with E-state index in [1.54, 1.807) is 0 Å².